The number of hydrogen-bond donors (Lipinski definition) is 2. The number of hydrogen-bond acceptors (Lipinski definition) is 5. The smallest absolute Gasteiger partial charge is 0.339 e. The number of nitrogens with one attached hydrogen (secondary N) is 1. The predicted octanol–water partition coefficient (Wildman–Crippen LogP) is 4.62. The maximum atomic E-state index is 13.3. The van der Waals surface area contributed by atoms with Gasteiger partial charge in [0.15, 0.2) is 6.61 Å². The quantitative estimate of drug-likeness (QED) is 0.394. The van der Waals surface area contributed by atoms with Crippen LogP contribution in [0.5, 0.6) is 0 Å². The van der Waals surface area contributed by atoms with Gasteiger partial charge in [-0.25, -0.2) is 9.78 Å². The summed E-state index contributed by atoms with van der Waals surface area (Å²) in [6.45, 7) is -0.450. The lowest BCUT2D eigenvalue weighted by atomic mass is 10.0. The maximum absolute atomic E-state index is 13.3. The van der Waals surface area contributed by atoms with E-state index in [4.69, 9.17) is 15.5 Å². The lowest BCUT2D eigenvalue weighted by Gasteiger charge is -2.12. The van der Waals surface area contributed by atoms with Crippen LogP contribution in [0.1, 0.15) is 44.0 Å². The molecule has 0 unspecified atom stereocenters. The van der Waals surface area contributed by atoms with Gasteiger partial charge < -0.3 is 15.8 Å². The number of primary amides is 1. The number of esters is 1. The largest absolute Gasteiger partial charge is 0.452 e. The van der Waals surface area contributed by atoms with Crippen molar-refractivity contribution in [3.8, 4) is 0 Å². The molecule has 3 N–H and O–H groups in total. The number of carbonyl (C=O) groups is 3. The summed E-state index contributed by atoms with van der Waals surface area (Å²) >= 11 is 0. The second-order valence-corrected chi connectivity index (χ2v) is 8.48. The Morgan fingerprint density at radius 3 is 2.39 bits per heavy atom. The molecule has 178 valence electrons. The SMILES string of the molecule is NC(=O)c1ccc(NC(=O)COC(=O)c2c3c(nc4ccccc24)/C(=C/c2ccccc2)CC3)cc1. The van der Waals surface area contributed by atoms with Crippen LogP contribution in [0.25, 0.3) is 22.6 Å². The van der Waals surface area contributed by atoms with Crippen LogP contribution in [0.3, 0.4) is 0 Å². The van der Waals surface area contributed by atoms with Crippen molar-refractivity contribution in [3.05, 3.63) is 107 Å². The number of allylic oxidation sites excluding steroid dienone is 1. The number of para-hydroxylation sites is 1. The Morgan fingerprint density at radius 2 is 1.64 bits per heavy atom. The molecule has 4 aromatic rings. The fraction of sp³-hybridized carbons (Fsp3) is 0.103. The van der Waals surface area contributed by atoms with Crippen molar-refractivity contribution in [2.75, 3.05) is 11.9 Å². The first-order chi connectivity index (χ1) is 17.5. The Balaban J connectivity index is 1.38. The zero-order chi connectivity index (χ0) is 25.1. The van der Waals surface area contributed by atoms with E-state index in [1.165, 1.54) is 12.1 Å². The highest BCUT2D eigenvalue weighted by molar-refractivity contribution is 6.08. The summed E-state index contributed by atoms with van der Waals surface area (Å²) in [4.78, 5) is 41.7. The standard InChI is InChI=1S/C29H23N3O4/c30-28(34)19-10-13-21(14-11-19)31-25(33)17-36-29(35)26-22-8-4-5-9-24(22)32-27-20(12-15-23(26)27)16-18-6-2-1-3-7-18/h1-11,13-14,16H,12,15,17H2,(H2,30,34)(H,31,33)/b20-16+. The molecule has 1 heterocycles. The van der Waals surface area contributed by atoms with Gasteiger partial charge in [0.2, 0.25) is 5.91 Å². The van der Waals surface area contributed by atoms with E-state index in [0.717, 1.165) is 28.8 Å². The lowest BCUT2D eigenvalue weighted by molar-refractivity contribution is -0.119. The third kappa shape index (κ3) is 4.72. The van der Waals surface area contributed by atoms with Crippen LogP contribution in [-0.2, 0) is 16.0 Å². The highest BCUT2D eigenvalue weighted by Gasteiger charge is 2.28. The van der Waals surface area contributed by atoms with E-state index in [9.17, 15) is 14.4 Å². The topological polar surface area (TPSA) is 111 Å². The highest BCUT2D eigenvalue weighted by atomic mass is 16.5. The van der Waals surface area contributed by atoms with E-state index in [1.54, 1.807) is 12.1 Å². The van der Waals surface area contributed by atoms with Gasteiger partial charge in [-0.15, -0.1) is 0 Å². The average molecular weight is 478 g/mol. The van der Waals surface area contributed by atoms with E-state index < -0.39 is 24.4 Å². The van der Waals surface area contributed by atoms with Crippen molar-refractivity contribution in [2.24, 2.45) is 5.73 Å². The molecule has 0 radical (unpaired) electrons. The minimum atomic E-state index is -0.565. The third-order valence-corrected chi connectivity index (χ3v) is 6.07. The number of aromatic nitrogens is 1. The Hall–Kier alpha value is -4.78. The zero-order valence-corrected chi connectivity index (χ0v) is 19.4. The molecule has 1 aromatic heterocycles. The number of anilines is 1. The maximum Gasteiger partial charge on any atom is 0.339 e. The molecule has 7 nitrogen and oxygen atoms in total. The van der Waals surface area contributed by atoms with Gasteiger partial charge in [-0.3, -0.25) is 9.59 Å². The molecule has 0 bridgehead atoms. The molecule has 7 heteroatoms. The van der Waals surface area contributed by atoms with Gasteiger partial charge in [0.25, 0.3) is 5.91 Å². The monoisotopic (exact) mass is 477 g/mol. The van der Waals surface area contributed by atoms with Crippen molar-refractivity contribution in [1.29, 1.82) is 0 Å². The van der Waals surface area contributed by atoms with Gasteiger partial charge >= 0.3 is 5.97 Å². The first-order valence-electron chi connectivity index (χ1n) is 11.5. The highest BCUT2D eigenvalue weighted by Crippen LogP contribution is 2.37. The van der Waals surface area contributed by atoms with Crippen molar-refractivity contribution < 1.29 is 19.1 Å². The molecule has 5 rings (SSSR count). The van der Waals surface area contributed by atoms with Crippen molar-refractivity contribution >= 4 is 46.0 Å². The number of pyridine rings is 1. The fourth-order valence-corrected chi connectivity index (χ4v) is 4.38. The van der Waals surface area contributed by atoms with Gasteiger partial charge in [0, 0.05) is 16.6 Å². The molecule has 2 amide bonds. The lowest BCUT2D eigenvalue weighted by Crippen LogP contribution is -2.22. The number of amides is 2. The second-order valence-electron chi connectivity index (χ2n) is 8.48. The summed E-state index contributed by atoms with van der Waals surface area (Å²) < 4.78 is 5.44. The molecule has 3 aromatic carbocycles. The molecule has 0 atom stereocenters. The number of nitrogens with two attached hydrogens (primary N) is 1. The number of carbonyl (C=O) groups excluding carboxylic acids is 3. The molecule has 1 aliphatic rings. The third-order valence-electron chi connectivity index (χ3n) is 6.07. The van der Waals surface area contributed by atoms with Crippen LogP contribution in [0.15, 0.2) is 78.9 Å². The van der Waals surface area contributed by atoms with Crippen molar-refractivity contribution in [3.63, 3.8) is 0 Å². The summed E-state index contributed by atoms with van der Waals surface area (Å²) in [6.07, 6.45) is 3.52. The fourth-order valence-electron chi connectivity index (χ4n) is 4.38. The Labute approximate surface area is 207 Å². The predicted molar refractivity (Wildman–Crippen MR) is 138 cm³/mol. The molecule has 1 aliphatic carbocycles. The van der Waals surface area contributed by atoms with Crippen LogP contribution in [0, 0.1) is 0 Å². The molecule has 0 saturated carbocycles. The van der Waals surface area contributed by atoms with Gasteiger partial charge in [0.1, 0.15) is 0 Å². The number of rotatable bonds is 6. The Morgan fingerprint density at radius 1 is 0.917 bits per heavy atom. The van der Waals surface area contributed by atoms with Crippen molar-refractivity contribution in [2.45, 2.75) is 12.8 Å². The van der Waals surface area contributed by atoms with Crippen LogP contribution in [-0.4, -0.2) is 29.4 Å². The zero-order valence-electron chi connectivity index (χ0n) is 19.4. The van der Waals surface area contributed by atoms with Gasteiger partial charge in [-0.05, 0) is 65.9 Å². The van der Waals surface area contributed by atoms with Gasteiger partial charge in [-0.1, -0.05) is 48.5 Å². The summed E-state index contributed by atoms with van der Waals surface area (Å²) in [5.41, 5.74) is 10.9. The summed E-state index contributed by atoms with van der Waals surface area (Å²) in [5, 5.41) is 3.35. The minimum absolute atomic E-state index is 0.332. The number of benzene rings is 3. The normalized spacial score (nSPS) is 13.4. The summed E-state index contributed by atoms with van der Waals surface area (Å²) in [7, 11) is 0. The van der Waals surface area contributed by atoms with E-state index >= 15 is 0 Å². The second kappa shape index (κ2) is 9.84. The summed E-state index contributed by atoms with van der Waals surface area (Å²) in [5.74, 6) is -1.61. The molecular formula is C29H23N3O4. The molecule has 0 saturated heterocycles. The first-order valence-corrected chi connectivity index (χ1v) is 11.5. The molecule has 0 fully saturated rings. The van der Waals surface area contributed by atoms with Crippen molar-refractivity contribution in [1.82, 2.24) is 4.98 Å². The number of nitrogens with zero attached hydrogens (tertiary/aromatic N) is 1. The summed E-state index contributed by atoms with van der Waals surface area (Å²) in [6, 6.07) is 23.6. The molecular weight excluding hydrogens is 454 g/mol. The molecule has 36 heavy (non-hydrogen) atoms. The van der Waals surface area contributed by atoms with E-state index in [2.05, 4.69) is 11.4 Å². The Kier molecular flexibility index (Phi) is 6.28. The van der Waals surface area contributed by atoms with Crippen LogP contribution in [0.4, 0.5) is 5.69 Å². The molecule has 0 aliphatic heterocycles. The van der Waals surface area contributed by atoms with E-state index in [0.29, 0.717) is 34.1 Å². The van der Waals surface area contributed by atoms with Crippen LogP contribution in [0.2, 0.25) is 0 Å². The number of fused-ring (bicyclic) bond motifs is 2. The average Bonchev–Trinajstić information content (AvgIpc) is 3.28. The number of ether oxygens (including phenoxy) is 1. The van der Waals surface area contributed by atoms with E-state index in [-0.39, 0.29) is 0 Å². The van der Waals surface area contributed by atoms with Crippen LogP contribution >= 0.6 is 0 Å². The van der Waals surface area contributed by atoms with Crippen LogP contribution < -0.4 is 11.1 Å². The molecule has 0 spiro atoms. The Bertz CT molecular complexity index is 1510. The van der Waals surface area contributed by atoms with Gasteiger partial charge in [0.05, 0.1) is 16.8 Å². The first kappa shape index (κ1) is 23.0. The minimum Gasteiger partial charge on any atom is -0.452 e. The van der Waals surface area contributed by atoms with E-state index in [1.807, 2.05) is 54.6 Å². The van der Waals surface area contributed by atoms with Gasteiger partial charge in [-0.2, -0.15) is 0 Å².